The zero-order chi connectivity index (χ0) is 15.0. The van der Waals surface area contributed by atoms with Gasteiger partial charge in [0, 0.05) is 18.3 Å². The third kappa shape index (κ3) is 2.61. The highest BCUT2D eigenvalue weighted by Crippen LogP contribution is 2.29. The largest absolute Gasteiger partial charge is 0.416 e. The Labute approximate surface area is 119 Å². The van der Waals surface area contributed by atoms with Gasteiger partial charge in [0.15, 0.2) is 0 Å². The molecule has 0 atom stereocenters. The molecule has 2 aromatic rings. The zero-order valence-corrected chi connectivity index (χ0v) is 10.9. The molecule has 2 heterocycles. The van der Waals surface area contributed by atoms with Crippen LogP contribution in [-0.4, -0.2) is 15.8 Å². The summed E-state index contributed by atoms with van der Waals surface area (Å²) in [5, 5.41) is 0. The second kappa shape index (κ2) is 4.87. The standard InChI is InChI=1S/C15H11F3N2O/c16-15(17,18)12-5-3-10(4-6-12)14(21)20-8-11-2-1-7-19-13(11)9-20/h1-7H,8-9H2. The molecule has 0 spiro atoms. The average molecular weight is 292 g/mol. The predicted molar refractivity (Wildman–Crippen MR) is 69.3 cm³/mol. The summed E-state index contributed by atoms with van der Waals surface area (Å²) in [5.41, 5.74) is 1.29. The second-order valence-corrected chi connectivity index (χ2v) is 4.85. The van der Waals surface area contributed by atoms with Crippen molar-refractivity contribution in [2.45, 2.75) is 19.3 Å². The van der Waals surface area contributed by atoms with Gasteiger partial charge in [-0.3, -0.25) is 9.78 Å². The van der Waals surface area contributed by atoms with Crippen LogP contribution in [0.3, 0.4) is 0 Å². The first-order chi connectivity index (χ1) is 9.95. The first-order valence-corrected chi connectivity index (χ1v) is 6.34. The fraction of sp³-hybridized carbons (Fsp3) is 0.200. The topological polar surface area (TPSA) is 33.2 Å². The van der Waals surface area contributed by atoms with Gasteiger partial charge in [-0.25, -0.2) is 0 Å². The molecule has 0 aliphatic carbocycles. The lowest BCUT2D eigenvalue weighted by Gasteiger charge is -2.15. The summed E-state index contributed by atoms with van der Waals surface area (Å²) in [6.45, 7) is 0.819. The molecule has 0 radical (unpaired) electrons. The summed E-state index contributed by atoms with van der Waals surface area (Å²) < 4.78 is 37.5. The predicted octanol–water partition coefficient (Wildman–Crippen LogP) is 3.26. The van der Waals surface area contributed by atoms with Crippen LogP contribution >= 0.6 is 0 Å². The maximum Gasteiger partial charge on any atom is 0.416 e. The number of hydrogen-bond donors (Lipinski definition) is 0. The molecule has 1 amide bonds. The zero-order valence-electron chi connectivity index (χ0n) is 10.9. The van der Waals surface area contributed by atoms with Crippen molar-refractivity contribution in [2.75, 3.05) is 0 Å². The van der Waals surface area contributed by atoms with E-state index in [-0.39, 0.29) is 11.5 Å². The fourth-order valence-corrected chi connectivity index (χ4v) is 2.33. The summed E-state index contributed by atoms with van der Waals surface area (Å²) >= 11 is 0. The van der Waals surface area contributed by atoms with Gasteiger partial charge in [0.05, 0.1) is 17.8 Å². The van der Waals surface area contributed by atoms with E-state index in [0.29, 0.717) is 13.1 Å². The van der Waals surface area contributed by atoms with E-state index < -0.39 is 11.7 Å². The molecule has 0 fully saturated rings. The van der Waals surface area contributed by atoms with Gasteiger partial charge in [0.25, 0.3) is 5.91 Å². The van der Waals surface area contributed by atoms with Crippen LogP contribution in [0.2, 0.25) is 0 Å². The minimum atomic E-state index is -4.39. The van der Waals surface area contributed by atoms with E-state index in [4.69, 9.17) is 0 Å². The highest BCUT2D eigenvalue weighted by Gasteiger charge is 2.31. The lowest BCUT2D eigenvalue weighted by Crippen LogP contribution is -2.25. The van der Waals surface area contributed by atoms with Crippen LogP contribution in [0.15, 0.2) is 42.6 Å². The van der Waals surface area contributed by atoms with Crippen molar-refractivity contribution in [2.24, 2.45) is 0 Å². The third-order valence-electron chi connectivity index (χ3n) is 3.43. The van der Waals surface area contributed by atoms with Gasteiger partial charge in [-0.15, -0.1) is 0 Å². The lowest BCUT2D eigenvalue weighted by molar-refractivity contribution is -0.137. The van der Waals surface area contributed by atoms with E-state index >= 15 is 0 Å². The quantitative estimate of drug-likeness (QED) is 0.808. The highest BCUT2D eigenvalue weighted by atomic mass is 19.4. The van der Waals surface area contributed by atoms with Crippen LogP contribution in [0.1, 0.15) is 27.2 Å². The number of alkyl halides is 3. The first-order valence-electron chi connectivity index (χ1n) is 6.34. The Balaban J connectivity index is 1.78. The number of pyridine rings is 1. The number of carbonyl (C=O) groups is 1. The van der Waals surface area contributed by atoms with Gasteiger partial charge in [-0.1, -0.05) is 6.07 Å². The second-order valence-electron chi connectivity index (χ2n) is 4.85. The number of carbonyl (C=O) groups excluding carboxylic acids is 1. The van der Waals surface area contributed by atoms with E-state index in [1.54, 1.807) is 17.2 Å². The van der Waals surface area contributed by atoms with Gasteiger partial charge in [0.2, 0.25) is 0 Å². The van der Waals surface area contributed by atoms with E-state index in [9.17, 15) is 18.0 Å². The summed E-state index contributed by atoms with van der Waals surface area (Å²) in [4.78, 5) is 18.1. The number of amides is 1. The van der Waals surface area contributed by atoms with Crippen molar-refractivity contribution in [3.8, 4) is 0 Å². The van der Waals surface area contributed by atoms with Crippen LogP contribution < -0.4 is 0 Å². The number of aromatic nitrogens is 1. The van der Waals surface area contributed by atoms with Crippen molar-refractivity contribution >= 4 is 5.91 Å². The molecule has 0 saturated carbocycles. The molecule has 1 aromatic heterocycles. The van der Waals surface area contributed by atoms with Crippen molar-refractivity contribution < 1.29 is 18.0 Å². The molecule has 0 bridgehead atoms. The third-order valence-corrected chi connectivity index (χ3v) is 3.43. The Morgan fingerprint density at radius 1 is 1.10 bits per heavy atom. The van der Waals surface area contributed by atoms with Crippen molar-refractivity contribution in [3.63, 3.8) is 0 Å². The van der Waals surface area contributed by atoms with E-state index in [0.717, 1.165) is 23.4 Å². The van der Waals surface area contributed by atoms with Gasteiger partial charge in [-0.05, 0) is 35.9 Å². The summed E-state index contributed by atoms with van der Waals surface area (Å²) in [6, 6.07) is 7.96. The van der Waals surface area contributed by atoms with Crippen LogP contribution in [0.4, 0.5) is 13.2 Å². The van der Waals surface area contributed by atoms with Crippen molar-refractivity contribution in [1.82, 2.24) is 9.88 Å². The molecular formula is C15H11F3N2O. The molecule has 1 aliphatic heterocycles. The Morgan fingerprint density at radius 3 is 2.43 bits per heavy atom. The van der Waals surface area contributed by atoms with Gasteiger partial charge >= 0.3 is 6.18 Å². The van der Waals surface area contributed by atoms with E-state index in [2.05, 4.69) is 4.98 Å². The molecule has 108 valence electrons. The van der Waals surface area contributed by atoms with Crippen LogP contribution in [0, 0.1) is 0 Å². The minimum Gasteiger partial charge on any atom is -0.328 e. The van der Waals surface area contributed by atoms with Gasteiger partial charge < -0.3 is 4.90 Å². The molecule has 0 saturated heterocycles. The smallest absolute Gasteiger partial charge is 0.328 e. The average Bonchev–Trinajstić information content (AvgIpc) is 2.89. The number of rotatable bonds is 1. The molecular weight excluding hydrogens is 281 g/mol. The van der Waals surface area contributed by atoms with Crippen LogP contribution in [-0.2, 0) is 19.3 Å². The number of hydrogen-bond acceptors (Lipinski definition) is 2. The summed E-state index contributed by atoms with van der Waals surface area (Å²) in [5.74, 6) is -0.290. The Hall–Kier alpha value is -2.37. The Kier molecular flexibility index (Phi) is 3.16. The number of benzene rings is 1. The molecule has 1 aliphatic rings. The van der Waals surface area contributed by atoms with E-state index in [1.807, 2.05) is 6.07 Å². The van der Waals surface area contributed by atoms with Crippen LogP contribution in [0.25, 0.3) is 0 Å². The molecule has 21 heavy (non-hydrogen) atoms. The highest BCUT2D eigenvalue weighted by molar-refractivity contribution is 5.94. The lowest BCUT2D eigenvalue weighted by atomic mass is 10.1. The monoisotopic (exact) mass is 292 g/mol. The molecule has 0 unspecified atom stereocenters. The summed E-state index contributed by atoms with van der Waals surface area (Å²) in [7, 11) is 0. The SMILES string of the molecule is O=C(c1ccc(C(F)(F)F)cc1)N1Cc2cccnc2C1. The normalized spacial score (nSPS) is 14.1. The molecule has 0 N–H and O–H groups in total. The van der Waals surface area contributed by atoms with Crippen molar-refractivity contribution in [1.29, 1.82) is 0 Å². The van der Waals surface area contributed by atoms with Crippen LogP contribution in [0.5, 0.6) is 0 Å². The molecule has 6 heteroatoms. The van der Waals surface area contributed by atoms with E-state index in [1.165, 1.54) is 12.1 Å². The summed E-state index contributed by atoms with van der Waals surface area (Å²) in [6.07, 6.45) is -2.74. The molecule has 3 nitrogen and oxygen atoms in total. The maximum atomic E-state index is 12.5. The van der Waals surface area contributed by atoms with Crippen molar-refractivity contribution in [3.05, 3.63) is 65.0 Å². The minimum absolute atomic E-state index is 0.246. The van der Waals surface area contributed by atoms with Gasteiger partial charge in [-0.2, -0.15) is 13.2 Å². The van der Waals surface area contributed by atoms with Gasteiger partial charge in [0.1, 0.15) is 0 Å². The fourth-order valence-electron chi connectivity index (χ4n) is 2.33. The number of halogens is 3. The Bertz CT molecular complexity index is 655. The molecule has 1 aromatic carbocycles. The number of fused-ring (bicyclic) bond motifs is 1. The maximum absolute atomic E-state index is 12.5. The Morgan fingerprint density at radius 2 is 1.81 bits per heavy atom. The molecule has 3 rings (SSSR count). The number of nitrogens with zero attached hydrogens (tertiary/aromatic N) is 2. The first kappa shape index (κ1) is 13.6.